The Hall–Kier alpha value is -1.73. The third-order valence-electron chi connectivity index (χ3n) is 2.51. The monoisotopic (exact) mass is 267 g/mol. The lowest BCUT2D eigenvalue weighted by Gasteiger charge is -2.10. The maximum absolute atomic E-state index is 12.1. The lowest BCUT2D eigenvalue weighted by atomic mass is 10.2. The number of carbonyl (C=O) groups is 1. The van der Waals surface area contributed by atoms with Gasteiger partial charge in [-0.15, -0.1) is 11.3 Å². The van der Waals surface area contributed by atoms with Crippen LogP contribution in [0.4, 0.5) is 0 Å². The van der Waals surface area contributed by atoms with E-state index in [1.807, 2.05) is 5.38 Å². The highest BCUT2D eigenvalue weighted by molar-refractivity contribution is 7.15. The summed E-state index contributed by atoms with van der Waals surface area (Å²) in [5, 5.41) is 13.2. The molecule has 0 spiro atoms. The zero-order valence-electron chi connectivity index (χ0n) is 10.0. The van der Waals surface area contributed by atoms with E-state index in [0.29, 0.717) is 4.96 Å². The minimum absolute atomic E-state index is 0.0192. The van der Waals surface area contributed by atoms with Crippen LogP contribution in [0, 0.1) is 6.92 Å². The van der Waals surface area contributed by atoms with Gasteiger partial charge in [0.25, 0.3) is 11.5 Å². The Morgan fingerprint density at radius 3 is 3.06 bits per heavy atom. The summed E-state index contributed by atoms with van der Waals surface area (Å²) in [6, 6.07) is -0.402. The molecule has 2 rings (SSSR count). The molecule has 1 atom stereocenters. The molecule has 96 valence electrons. The van der Waals surface area contributed by atoms with E-state index >= 15 is 0 Å². The molecule has 0 saturated carbocycles. The fourth-order valence-corrected chi connectivity index (χ4v) is 2.36. The van der Waals surface area contributed by atoms with Gasteiger partial charge in [0.2, 0.25) is 0 Å². The fraction of sp³-hybridized carbons (Fsp3) is 0.364. The number of thiazole rings is 1. The predicted molar refractivity (Wildman–Crippen MR) is 68.1 cm³/mol. The number of aromatic nitrogens is 2. The molecule has 0 saturated heterocycles. The van der Waals surface area contributed by atoms with Gasteiger partial charge >= 0.3 is 0 Å². The summed E-state index contributed by atoms with van der Waals surface area (Å²) >= 11 is 1.35. The van der Waals surface area contributed by atoms with Gasteiger partial charge in [-0.05, 0) is 13.8 Å². The Labute approximate surface area is 107 Å². The lowest BCUT2D eigenvalue weighted by Crippen LogP contribution is -2.38. The van der Waals surface area contributed by atoms with Crippen LogP contribution in [-0.2, 0) is 0 Å². The van der Waals surface area contributed by atoms with Crippen LogP contribution in [0.5, 0.6) is 0 Å². The molecule has 0 radical (unpaired) electrons. The number of hydrogen-bond acceptors (Lipinski definition) is 5. The maximum atomic E-state index is 12.1. The molecule has 0 bridgehead atoms. The van der Waals surface area contributed by atoms with Gasteiger partial charge in [-0.25, -0.2) is 4.98 Å². The summed E-state index contributed by atoms with van der Waals surface area (Å²) in [5.41, 5.74) is 0.341. The zero-order valence-corrected chi connectivity index (χ0v) is 10.8. The van der Waals surface area contributed by atoms with E-state index < -0.39 is 11.9 Å². The van der Waals surface area contributed by atoms with Crippen molar-refractivity contribution in [3.8, 4) is 0 Å². The second-order valence-electron chi connectivity index (χ2n) is 4.03. The number of hydrogen-bond donors (Lipinski definition) is 2. The second kappa shape index (κ2) is 4.87. The smallest absolute Gasteiger partial charge is 0.271 e. The lowest BCUT2D eigenvalue weighted by molar-refractivity contribution is 0.0920. The van der Waals surface area contributed by atoms with Gasteiger partial charge < -0.3 is 10.4 Å². The summed E-state index contributed by atoms with van der Waals surface area (Å²) in [5.74, 6) is -0.519. The van der Waals surface area contributed by atoms with Crippen LogP contribution in [0.3, 0.4) is 0 Å². The van der Waals surface area contributed by atoms with E-state index in [1.165, 1.54) is 21.9 Å². The van der Waals surface area contributed by atoms with Crippen molar-refractivity contribution < 1.29 is 9.90 Å². The Kier molecular flexibility index (Phi) is 3.44. The molecule has 0 aliphatic rings. The predicted octanol–water partition coefficient (Wildman–Crippen LogP) is 0.175. The van der Waals surface area contributed by atoms with E-state index in [-0.39, 0.29) is 17.7 Å². The van der Waals surface area contributed by atoms with Crippen molar-refractivity contribution in [2.75, 3.05) is 6.61 Å². The van der Waals surface area contributed by atoms with E-state index in [2.05, 4.69) is 10.3 Å². The number of aryl methyl sites for hydroxylation is 1. The first-order valence-corrected chi connectivity index (χ1v) is 6.30. The summed E-state index contributed by atoms with van der Waals surface area (Å²) in [4.78, 5) is 28.6. The molecule has 0 fully saturated rings. The van der Waals surface area contributed by atoms with Crippen molar-refractivity contribution in [2.45, 2.75) is 19.9 Å². The molecule has 18 heavy (non-hydrogen) atoms. The SMILES string of the molecule is Cc1csc2ncc(C(=O)NC(C)CO)c(=O)n12. The molecule has 1 unspecified atom stereocenters. The van der Waals surface area contributed by atoms with E-state index in [0.717, 1.165) is 5.69 Å². The van der Waals surface area contributed by atoms with Crippen LogP contribution in [0.15, 0.2) is 16.4 Å². The van der Waals surface area contributed by atoms with E-state index in [9.17, 15) is 9.59 Å². The van der Waals surface area contributed by atoms with Crippen molar-refractivity contribution in [2.24, 2.45) is 0 Å². The Morgan fingerprint density at radius 1 is 1.67 bits per heavy atom. The summed E-state index contributed by atoms with van der Waals surface area (Å²) in [6.07, 6.45) is 1.27. The molecule has 1 amide bonds. The Bertz CT molecular complexity index is 647. The van der Waals surface area contributed by atoms with Crippen LogP contribution >= 0.6 is 11.3 Å². The third kappa shape index (κ3) is 2.14. The molecule has 6 nitrogen and oxygen atoms in total. The van der Waals surface area contributed by atoms with Crippen molar-refractivity contribution in [3.63, 3.8) is 0 Å². The number of fused-ring (bicyclic) bond motifs is 1. The van der Waals surface area contributed by atoms with Gasteiger partial charge in [0.1, 0.15) is 5.56 Å². The van der Waals surface area contributed by atoms with Crippen LogP contribution in [-0.4, -0.2) is 33.0 Å². The number of amides is 1. The standard InChI is InChI=1S/C11H13N3O3S/c1-6(4-15)13-9(16)8-3-12-11-14(10(8)17)7(2)5-18-11/h3,5-6,15H,4H2,1-2H3,(H,13,16). The molecular weight excluding hydrogens is 254 g/mol. The van der Waals surface area contributed by atoms with Crippen LogP contribution in [0.2, 0.25) is 0 Å². The maximum Gasteiger partial charge on any atom is 0.271 e. The topological polar surface area (TPSA) is 83.7 Å². The van der Waals surface area contributed by atoms with Crippen LogP contribution in [0.1, 0.15) is 23.0 Å². The zero-order chi connectivity index (χ0) is 13.3. The minimum Gasteiger partial charge on any atom is -0.394 e. The molecule has 2 aromatic heterocycles. The largest absolute Gasteiger partial charge is 0.394 e. The average molecular weight is 267 g/mol. The first kappa shape index (κ1) is 12.7. The van der Waals surface area contributed by atoms with E-state index in [4.69, 9.17) is 5.11 Å². The minimum atomic E-state index is -0.519. The second-order valence-corrected chi connectivity index (χ2v) is 4.87. The van der Waals surface area contributed by atoms with Gasteiger partial charge in [-0.2, -0.15) is 0 Å². The fourth-order valence-electron chi connectivity index (χ4n) is 1.53. The molecule has 0 aliphatic heterocycles. The summed E-state index contributed by atoms with van der Waals surface area (Å²) in [7, 11) is 0. The van der Waals surface area contributed by atoms with Gasteiger partial charge in [-0.1, -0.05) is 0 Å². The number of aliphatic hydroxyl groups is 1. The summed E-state index contributed by atoms with van der Waals surface area (Å²) < 4.78 is 1.41. The highest BCUT2D eigenvalue weighted by Crippen LogP contribution is 2.10. The van der Waals surface area contributed by atoms with Crippen LogP contribution in [0.25, 0.3) is 4.96 Å². The van der Waals surface area contributed by atoms with Gasteiger partial charge in [0.15, 0.2) is 4.96 Å². The normalized spacial score (nSPS) is 12.6. The number of rotatable bonds is 3. The van der Waals surface area contributed by atoms with Crippen LogP contribution < -0.4 is 10.9 Å². The highest BCUT2D eigenvalue weighted by Gasteiger charge is 2.16. The molecule has 2 N–H and O–H groups in total. The number of carbonyl (C=O) groups excluding carboxylic acids is 1. The van der Waals surface area contributed by atoms with Gasteiger partial charge in [0.05, 0.1) is 6.61 Å². The third-order valence-corrected chi connectivity index (χ3v) is 3.47. The molecular formula is C11H13N3O3S. The molecule has 7 heteroatoms. The first-order chi connectivity index (χ1) is 8.54. The summed E-state index contributed by atoms with van der Waals surface area (Å²) in [6.45, 7) is 3.25. The Balaban J connectivity index is 2.46. The molecule has 0 aromatic carbocycles. The average Bonchev–Trinajstić information content (AvgIpc) is 2.72. The molecule has 2 heterocycles. The number of aliphatic hydroxyl groups excluding tert-OH is 1. The first-order valence-electron chi connectivity index (χ1n) is 5.42. The van der Waals surface area contributed by atoms with Crippen molar-refractivity contribution in [1.29, 1.82) is 0 Å². The van der Waals surface area contributed by atoms with Crippen molar-refractivity contribution in [3.05, 3.63) is 33.2 Å². The van der Waals surface area contributed by atoms with Gasteiger partial charge in [-0.3, -0.25) is 14.0 Å². The Morgan fingerprint density at radius 2 is 2.39 bits per heavy atom. The van der Waals surface area contributed by atoms with Gasteiger partial charge in [0, 0.05) is 23.3 Å². The van der Waals surface area contributed by atoms with Crippen molar-refractivity contribution >= 4 is 22.2 Å². The molecule has 0 aliphatic carbocycles. The number of nitrogens with one attached hydrogen (secondary N) is 1. The number of nitrogens with zero attached hydrogens (tertiary/aromatic N) is 2. The van der Waals surface area contributed by atoms with E-state index in [1.54, 1.807) is 13.8 Å². The van der Waals surface area contributed by atoms with Crippen molar-refractivity contribution in [1.82, 2.24) is 14.7 Å². The molecule has 2 aromatic rings. The quantitative estimate of drug-likeness (QED) is 0.830. The highest BCUT2D eigenvalue weighted by atomic mass is 32.1.